The third kappa shape index (κ3) is 4.04. The van der Waals surface area contributed by atoms with Crippen LogP contribution in [0.25, 0.3) is 0 Å². The summed E-state index contributed by atoms with van der Waals surface area (Å²) in [5.74, 6) is 5.39. The fourth-order valence-corrected chi connectivity index (χ4v) is 2.99. The van der Waals surface area contributed by atoms with Crippen molar-refractivity contribution >= 4 is 10.0 Å². The molecule has 0 bridgehead atoms. The summed E-state index contributed by atoms with van der Waals surface area (Å²) in [6.07, 6.45) is 2.90. The first kappa shape index (κ1) is 16.1. The van der Waals surface area contributed by atoms with E-state index in [0.29, 0.717) is 12.1 Å². The topological polar surface area (TPSA) is 100 Å². The zero-order valence-electron chi connectivity index (χ0n) is 11.2. The Morgan fingerprint density at radius 1 is 1.45 bits per heavy atom. The van der Waals surface area contributed by atoms with E-state index in [2.05, 4.69) is 16.8 Å². The molecule has 6 nitrogen and oxygen atoms in total. The number of aromatic nitrogens is 1. The number of rotatable bonds is 5. The molecule has 20 heavy (non-hydrogen) atoms. The number of nitrogens with zero attached hydrogens (tertiary/aromatic N) is 3. The smallest absolute Gasteiger partial charge is 0.244 e. The molecular formula is C13H16N4O2S. The Bertz CT molecular complexity index is 653. The van der Waals surface area contributed by atoms with Gasteiger partial charge in [-0.05, 0) is 6.07 Å². The van der Waals surface area contributed by atoms with Crippen molar-refractivity contribution in [1.29, 1.82) is 5.26 Å². The maximum absolute atomic E-state index is 12.4. The van der Waals surface area contributed by atoms with Crippen molar-refractivity contribution in [2.75, 3.05) is 19.6 Å². The second-order valence-electron chi connectivity index (χ2n) is 3.82. The molecule has 0 spiro atoms. The Labute approximate surface area is 119 Å². The molecule has 0 saturated carbocycles. The second kappa shape index (κ2) is 7.61. The highest BCUT2D eigenvalue weighted by Crippen LogP contribution is 2.15. The van der Waals surface area contributed by atoms with Gasteiger partial charge in [0.25, 0.3) is 0 Å². The summed E-state index contributed by atoms with van der Waals surface area (Å²) in [4.78, 5) is 3.96. The van der Waals surface area contributed by atoms with Gasteiger partial charge in [0.2, 0.25) is 10.0 Å². The Hall–Kier alpha value is -1.93. The summed E-state index contributed by atoms with van der Waals surface area (Å²) in [7, 11) is -3.65. The normalized spacial score (nSPS) is 10.7. The molecule has 0 aromatic carbocycles. The minimum atomic E-state index is -3.65. The van der Waals surface area contributed by atoms with E-state index in [1.807, 2.05) is 6.07 Å². The SMILES string of the molecule is CCN(CCC#N)S(=O)(=O)c1cncc(C#CCN)c1. The first-order chi connectivity index (χ1) is 9.56. The van der Waals surface area contributed by atoms with Gasteiger partial charge in [-0.25, -0.2) is 8.42 Å². The fraction of sp³-hybridized carbons (Fsp3) is 0.385. The van der Waals surface area contributed by atoms with Crippen molar-refractivity contribution in [1.82, 2.24) is 9.29 Å². The van der Waals surface area contributed by atoms with Crippen LogP contribution in [0.2, 0.25) is 0 Å². The van der Waals surface area contributed by atoms with Gasteiger partial charge in [-0.15, -0.1) is 0 Å². The Kier molecular flexibility index (Phi) is 6.13. The van der Waals surface area contributed by atoms with Gasteiger partial charge in [0.15, 0.2) is 0 Å². The molecule has 106 valence electrons. The van der Waals surface area contributed by atoms with Crippen molar-refractivity contribution in [3.05, 3.63) is 24.0 Å². The van der Waals surface area contributed by atoms with Crippen LogP contribution in [0.1, 0.15) is 18.9 Å². The predicted octanol–water partition coefficient (Wildman–Crippen LogP) is 0.316. The van der Waals surface area contributed by atoms with Crippen molar-refractivity contribution in [2.45, 2.75) is 18.2 Å². The predicted molar refractivity (Wildman–Crippen MR) is 74.8 cm³/mol. The number of hydrogen-bond donors (Lipinski definition) is 1. The number of nitrogens with two attached hydrogens (primary N) is 1. The third-order valence-corrected chi connectivity index (χ3v) is 4.45. The Morgan fingerprint density at radius 3 is 2.80 bits per heavy atom. The number of hydrogen-bond acceptors (Lipinski definition) is 5. The summed E-state index contributed by atoms with van der Waals surface area (Å²) in [6, 6.07) is 3.40. The lowest BCUT2D eigenvalue weighted by molar-refractivity contribution is 0.434. The molecule has 0 saturated heterocycles. The molecule has 1 heterocycles. The lowest BCUT2D eigenvalue weighted by atomic mass is 10.3. The molecule has 0 radical (unpaired) electrons. The minimum Gasteiger partial charge on any atom is -0.320 e. The van der Waals surface area contributed by atoms with Crippen molar-refractivity contribution in [2.24, 2.45) is 5.73 Å². The maximum atomic E-state index is 12.4. The van der Waals surface area contributed by atoms with Gasteiger partial charge in [0.1, 0.15) is 4.90 Å². The average molecular weight is 292 g/mol. The van der Waals surface area contributed by atoms with Crippen LogP contribution < -0.4 is 5.73 Å². The van der Waals surface area contributed by atoms with Gasteiger partial charge in [0, 0.05) is 37.5 Å². The van der Waals surface area contributed by atoms with Crippen LogP contribution in [0, 0.1) is 23.2 Å². The standard InChI is InChI=1S/C13H16N4O2S/c1-2-17(8-4-7-15)20(18,19)13-9-12(5-3-6-14)10-16-11-13/h9-11H,2,4,6,8,14H2,1H3. The number of sulfonamides is 1. The van der Waals surface area contributed by atoms with E-state index in [1.165, 1.54) is 22.8 Å². The molecule has 0 aliphatic carbocycles. The van der Waals surface area contributed by atoms with E-state index >= 15 is 0 Å². The highest BCUT2D eigenvalue weighted by atomic mass is 32.2. The lowest BCUT2D eigenvalue weighted by Crippen LogP contribution is -2.31. The molecular weight excluding hydrogens is 276 g/mol. The number of pyridine rings is 1. The van der Waals surface area contributed by atoms with E-state index < -0.39 is 10.0 Å². The lowest BCUT2D eigenvalue weighted by Gasteiger charge is -2.18. The van der Waals surface area contributed by atoms with Crippen LogP contribution in [0.15, 0.2) is 23.4 Å². The van der Waals surface area contributed by atoms with E-state index in [4.69, 9.17) is 11.0 Å². The molecule has 7 heteroatoms. The zero-order valence-corrected chi connectivity index (χ0v) is 12.0. The summed E-state index contributed by atoms with van der Waals surface area (Å²) in [6.45, 7) is 2.37. The van der Waals surface area contributed by atoms with Crippen molar-refractivity contribution < 1.29 is 8.42 Å². The van der Waals surface area contributed by atoms with E-state index in [-0.39, 0.29) is 24.4 Å². The number of nitriles is 1. The fourth-order valence-electron chi connectivity index (χ4n) is 1.55. The van der Waals surface area contributed by atoms with Crippen LogP contribution in [-0.2, 0) is 10.0 Å². The molecule has 0 aliphatic rings. The monoisotopic (exact) mass is 292 g/mol. The summed E-state index contributed by atoms with van der Waals surface area (Å²) in [5.41, 5.74) is 5.77. The van der Waals surface area contributed by atoms with Gasteiger partial charge in [-0.1, -0.05) is 18.8 Å². The molecule has 1 aromatic heterocycles. The van der Waals surface area contributed by atoms with Gasteiger partial charge in [0.05, 0.1) is 12.6 Å². The Balaban J connectivity index is 3.11. The van der Waals surface area contributed by atoms with Gasteiger partial charge >= 0.3 is 0 Å². The highest BCUT2D eigenvalue weighted by molar-refractivity contribution is 7.89. The van der Waals surface area contributed by atoms with Crippen molar-refractivity contribution in [3.63, 3.8) is 0 Å². The molecule has 0 fully saturated rings. The Morgan fingerprint density at radius 2 is 2.20 bits per heavy atom. The molecule has 1 aromatic rings. The van der Waals surface area contributed by atoms with E-state index in [1.54, 1.807) is 6.92 Å². The first-order valence-electron chi connectivity index (χ1n) is 6.07. The third-order valence-electron chi connectivity index (χ3n) is 2.51. The summed E-state index contributed by atoms with van der Waals surface area (Å²) < 4.78 is 26.0. The zero-order chi connectivity index (χ0) is 15.0. The van der Waals surface area contributed by atoms with Gasteiger partial charge in [-0.2, -0.15) is 9.57 Å². The second-order valence-corrected chi connectivity index (χ2v) is 5.76. The van der Waals surface area contributed by atoms with Crippen LogP contribution >= 0.6 is 0 Å². The summed E-state index contributed by atoms with van der Waals surface area (Å²) >= 11 is 0. The molecule has 1 rings (SSSR count). The van der Waals surface area contributed by atoms with Gasteiger partial charge < -0.3 is 5.73 Å². The molecule has 0 aliphatic heterocycles. The van der Waals surface area contributed by atoms with E-state index in [9.17, 15) is 8.42 Å². The largest absolute Gasteiger partial charge is 0.320 e. The highest BCUT2D eigenvalue weighted by Gasteiger charge is 2.23. The quantitative estimate of drug-likeness (QED) is 0.788. The van der Waals surface area contributed by atoms with Crippen LogP contribution in [0.3, 0.4) is 0 Å². The first-order valence-corrected chi connectivity index (χ1v) is 7.51. The molecule has 2 N–H and O–H groups in total. The van der Waals surface area contributed by atoms with Gasteiger partial charge in [-0.3, -0.25) is 4.98 Å². The maximum Gasteiger partial charge on any atom is 0.244 e. The van der Waals surface area contributed by atoms with Crippen LogP contribution in [0.4, 0.5) is 0 Å². The molecule has 0 amide bonds. The van der Waals surface area contributed by atoms with Crippen molar-refractivity contribution in [3.8, 4) is 17.9 Å². The van der Waals surface area contributed by atoms with Crippen LogP contribution in [0.5, 0.6) is 0 Å². The summed E-state index contributed by atoms with van der Waals surface area (Å²) in [5, 5.41) is 8.57. The van der Waals surface area contributed by atoms with Crippen LogP contribution in [-0.4, -0.2) is 37.3 Å². The molecule has 0 atom stereocenters. The van der Waals surface area contributed by atoms with E-state index in [0.717, 1.165) is 0 Å². The average Bonchev–Trinajstić information content (AvgIpc) is 2.46. The minimum absolute atomic E-state index is 0.0705. The molecule has 0 unspecified atom stereocenters.